The third kappa shape index (κ3) is 2.13. The number of hydrogen-bond acceptors (Lipinski definition) is 3. The lowest BCUT2D eigenvalue weighted by Gasteiger charge is -2.29. The van der Waals surface area contributed by atoms with Crippen LogP contribution in [0.3, 0.4) is 0 Å². The summed E-state index contributed by atoms with van der Waals surface area (Å²) >= 11 is 0. The molecule has 1 N–H and O–H groups in total. The van der Waals surface area contributed by atoms with E-state index in [-0.39, 0.29) is 23.6 Å². The van der Waals surface area contributed by atoms with Gasteiger partial charge in [0.05, 0.1) is 11.1 Å². The van der Waals surface area contributed by atoms with Crippen LogP contribution in [0.5, 0.6) is 0 Å². The fourth-order valence-electron chi connectivity index (χ4n) is 2.93. The van der Waals surface area contributed by atoms with E-state index in [2.05, 4.69) is 11.9 Å². The molecular formula is C17H18N2O3. The maximum absolute atomic E-state index is 12.6. The van der Waals surface area contributed by atoms with Crippen LogP contribution in [0.25, 0.3) is 0 Å². The van der Waals surface area contributed by atoms with Gasteiger partial charge >= 0.3 is 0 Å². The van der Waals surface area contributed by atoms with Crippen LogP contribution >= 0.6 is 0 Å². The monoisotopic (exact) mass is 298 g/mol. The molecule has 2 aliphatic rings. The van der Waals surface area contributed by atoms with Crippen molar-refractivity contribution in [2.24, 2.45) is 0 Å². The Kier molecular flexibility index (Phi) is 3.35. The van der Waals surface area contributed by atoms with E-state index >= 15 is 0 Å². The van der Waals surface area contributed by atoms with Gasteiger partial charge in [-0.1, -0.05) is 26.5 Å². The Morgan fingerprint density at radius 1 is 1.18 bits per heavy atom. The number of piperidine rings is 1. The molecule has 0 saturated carbocycles. The molecule has 1 saturated heterocycles. The van der Waals surface area contributed by atoms with Crippen LogP contribution < -0.4 is 5.32 Å². The molecule has 5 heteroatoms. The molecule has 0 aliphatic carbocycles. The summed E-state index contributed by atoms with van der Waals surface area (Å²) < 4.78 is 0. The van der Waals surface area contributed by atoms with Gasteiger partial charge in [-0.15, -0.1) is 0 Å². The minimum absolute atomic E-state index is 0.267. The predicted molar refractivity (Wildman–Crippen MR) is 81.3 cm³/mol. The largest absolute Gasteiger partial charge is 0.329 e. The molecule has 3 amide bonds. The van der Waals surface area contributed by atoms with E-state index in [4.69, 9.17) is 0 Å². The minimum Gasteiger partial charge on any atom is -0.329 e. The van der Waals surface area contributed by atoms with Crippen molar-refractivity contribution >= 4 is 17.7 Å². The lowest BCUT2D eigenvalue weighted by molar-refractivity contribution is -0.125. The van der Waals surface area contributed by atoms with Crippen molar-refractivity contribution in [3.8, 4) is 0 Å². The standard InChI is InChI=1S/C17H18N2O3/c1-9(2)11-5-6-12-13(8-11)17(22)19(16(12)21)14-7-4-10(3)18-15(14)20/h5-6,8-9,14H,3-4,7H2,1-2H3,(H,18,20)/t14-/m1/s1. The van der Waals surface area contributed by atoms with E-state index in [1.165, 1.54) is 0 Å². The van der Waals surface area contributed by atoms with Gasteiger partial charge in [0.2, 0.25) is 5.91 Å². The van der Waals surface area contributed by atoms with Gasteiger partial charge in [0.25, 0.3) is 11.8 Å². The van der Waals surface area contributed by atoms with Crippen molar-refractivity contribution in [2.75, 3.05) is 0 Å². The first-order valence-electron chi connectivity index (χ1n) is 7.40. The Morgan fingerprint density at radius 2 is 1.86 bits per heavy atom. The summed E-state index contributed by atoms with van der Waals surface area (Å²) in [5, 5.41) is 2.62. The molecule has 22 heavy (non-hydrogen) atoms. The van der Waals surface area contributed by atoms with Gasteiger partial charge in [0.1, 0.15) is 6.04 Å². The van der Waals surface area contributed by atoms with Crippen molar-refractivity contribution in [3.05, 3.63) is 47.2 Å². The van der Waals surface area contributed by atoms with Gasteiger partial charge in [-0.2, -0.15) is 0 Å². The molecule has 114 valence electrons. The molecule has 1 atom stereocenters. The summed E-state index contributed by atoms with van der Waals surface area (Å²) in [5.74, 6) is -0.837. The SMILES string of the molecule is C=C1CC[C@@H](N2C(=O)c3ccc(C(C)C)cc3C2=O)C(=O)N1. The molecule has 2 heterocycles. The average Bonchev–Trinajstić information content (AvgIpc) is 2.71. The first-order chi connectivity index (χ1) is 10.4. The molecule has 0 radical (unpaired) electrons. The number of benzene rings is 1. The highest BCUT2D eigenvalue weighted by atomic mass is 16.2. The summed E-state index contributed by atoms with van der Waals surface area (Å²) in [6, 6.07) is 4.56. The minimum atomic E-state index is -0.750. The third-order valence-corrected chi connectivity index (χ3v) is 4.24. The molecule has 0 aromatic heterocycles. The second-order valence-electron chi connectivity index (χ2n) is 6.09. The summed E-state index contributed by atoms with van der Waals surface area (Å²) in [5.41, 5.74) is 2.41. The summed E-state index contributed by atoms with van der Waals surface area (Å²) in [7, 11) is 0. The van der Waals surface area contributed by atoms with Gasteiger partial charge in [0, 0.05) is 5.70 Å². The van der Waals surface area contributed by atoms with Crippen LogP contribution in [0.15, 0.2) is 30.5 Å². The fourth-order valence-corrected chi connectivity index (χ4v) is 2.93. The van der Waals surface area contributed by atoms with Crippen molar-refractivity contribution in [2.45, 2.75) is 38.6 Å². The maximum Gasteiger partial charge on any atom is 0.262 e. The fraction of sp³-hybridized carbons (Fsp3) is 0.353. The zero-order valence-electron chi connectivity index (χ0n) is 12.7. The van der Waals surface area contributed by atoms with E-state index in [0.29, 0.717) is 29.7 Å². The Morgan fingerprint density at radius 3 is 2.50 bits per heavy atom. The average molecular weight is 298 g/mol. The molecule has 0 unspecified atom stereocenters. The number of hydrogen-bond donors (Lipinski definition) is 1. The van der Waals surface area contributed by atoms with Crippen LogP contribution in [-0.2, 0) is 4.79 Å². The predicted octanol–water partition coefficient (Wildman–Crippen LogP) is 2.20. The molecule has 3 rings (SSSR count). The van der Waals surface area contributed by atoms with E-state index in [1.54, 1.807) is 12.1 Å². The number of rotatable bonds is 2. The molecule has 1 fully saturated rings. The smallest absolute Gasteiger partial charge is 0.262 e. The van der Waals surface area contributed by atoms with Crippen LogP contribution in [0.2, 0.25) is 0 Å². The van der Waals surface area contributed by atoms with Crippen molar-refractivity contribution in [3.63, 3.8) is 0 Å². The van der Waals surface area contributed by atoms with Gasteiger partial charge in [0.15, 0.2) is 0 Å². The first kappa shape index (κ1) is 14.5. The van der Waals surface area contributed by atoms with Crippen molar-refractivity contribution in [1.29, 1.82) is 0 Å². The van der Waals surface area contributed by atoms with Crippen LogP contribution in [0.1, 0.15) is 58.9 Å². The number of nitrogens with zero attached hydrogens (tertiary/aromatic N) is 1. The van der Waals surface area contributed by atoms with E-state index < -0.39 is 6.04 Å². The van der Waals surface area contributed by atoms with E-state index in [1.807, 2.05) is 19.9 Å². The quantitative estimate of drug-likeness (QED) is 0.851. The second kappa shape index (κ2) is 5.09. The Balaban J connectivity index is 1.96. The zero-order chi connectivity index (χ0) is 16.0. The van der Waals surface area contributed by atoms with Crippen LogP contribution in [0.4, 0.5) is 0 Å². The second-order valence-corrected chi connectivity index (χ2v) is 6.09. The molecule has 2 aliphatic heterocycles. The third-order valence-electron chi connectivity index (χ3n) is 4.24. The number of nitrogens with one attached hydrogen (secondary N) is 1. The molecule has 5 nitrogen and oxygen atoms in total. The van der Waals surface area contributed by atoms with E-state index in [9.17, 15) is 14.4 Å². The Bertz CT molecular complexity index is 706. The van der Waals surface area contributed by atoms with Gasteiger partial charge in [-0.05, 0) is 36.5 Å². The number of fused-ring (bicyclic) bond motifs is 1. The maximum atomic E-state index is 12.6. The zero-order valence-corrected chi connectivity index (χ0v) is 12.7. The lowest BCUT2D eigenvalue weighted by Crippen LogP contribution is -2.51. The van der Waals surface area contributed by atoms with Crippen molar-refractivity contribution in [1.82, 2.24) is 10.2 Å². The lowest BCUT2D eigenvalue weighted by atomic mass is 9.98. The summed E-state index contributed by atoms with van der Waals surface area (Å²) in [6.45, 7) is 7.77. The van der Waals surface area contributed by atoms with Crippen molar-refractivity contribution < 1.29 is 14.4 Å². The molecule has 0 bridgehead atoms. The topological polar surface area (TPSA) is 66.5 Å². The van der Waals surface area contributed by atoms with Gasteiger partial charge in [-0.3, -0.25) is 19.3 Å². The molecule has 0 spiro atoms. The van der Waals surface area contributed by atoms with Crippen LogP contribution in [0, 0.1) is 0 Å². The first-order valence-corrected chi connectivity index (χ1v) is 7.40. The Labute approximate surface area is 129 Å². The number of allylic oxidation sites excluding steroid dienone is 1. The highest BCUT2D eigenvalue weighted by Crippen LogP contribution is 2.30. The molecular weight excluding hydrogens is 280 g/mol. The highest BCUT2D eigenvalue weighted by Gasteiger charge is 2.43. The van der Waals surface area contributed by atoms with E-state index in [0.717, 1.165) is 10.5 Å². The summed E-state index contributed by atoms with van der Waals surface area (Å²) in [4.78, 5) is 38.3. The highest BCUT2D eigenvalue weighted by molar-refractivity contribution is 6.23. The number of amides is 3. The number of imide groups is 1. The van der Waals surface area contributed by atoms with Gasteiger partial charge in [-0.25, -0.2) is 0 Å². The van der Waals surface area contributed by atoms with Crippen LogP contribution in [-0.4, -0.2) is 28.7 Å². The number of carbonyl (C=O) groups is 3. The Hall–Kier alpha value is -2.43. The number of carbonyl (C=O) groups excluding carboxylic acids is 3. The molecule has 1 aromatic rings. The normalized spacial score (nSPS) is 21.4. The summed E-state index contributed by atoms with van der Waals surface area (Å²) in [6.07, 6.45) is 0.994. The molecule has 1 aromatic carbocycles. The van der Waals surface area contributed by atoms with Gasteiger partial charge < -0.3 is 5.32 Å².